The molecule has 1 N–H and O–H groups in total. The summed E-state index contributed by atoms with van der Waals surface area (Å²) < 4.78 is 0. The summed E-state index contributed by atoms with van der Waals surface area (Å²) in [4.78, 5) is 9.47. The van der Waals surface area contributed by atoms with Crippen LogP contribution in [0.25, 0.3) is 10.8 Å². The van der Waals surface area contributed by atoms with Crippen molar-refractivity contribution in [1.82, 2.24) is 20.5 Å². The lowest BCUT2D eigenvalue weighted by Gasteiger charge is -2.36. The molecule has 2 aromatic heterocycles. The van der Waals surface area contributed by atoms with E-state index in [-0.39, 0.29) is 5.54 Å². The summed E-state index contributed by atoms with van der Waals surface area (Å²) in [7, 11) is 1.98. The predicted molar refractivity (Wildman–Crippen MR) is 140 cm³/mol. The topological polar surface area (TPSA) is 57.2 Å². The van der Waals surface area contributed by atoms with Gasteiger partial charge in [0.05, 0.1) is 5.69 Å². The predicted octanol–water partition coefficient (Wildman–Crippen LogP) is 4.40. The Balaban J connectivity index is 1.33. The molecule has 0 spiro atoms. The molecule has 3 heterocycles. The molecule has 0 radical (unpaired) electrons. The Morgan fingerprint density at radius 3 is 2.15 bits per heavy atom. The molecule has 5 rings (SSSR count). The van der Waals surface area contributed by atoms with Crippen LogP contribution in [0.2, 0.25) is 0 Å². The molecule has 1 fully saturated rings. The maximum absolute atomic E-state index is 4.76. The zero-order chi connectivity index (χ0) is 23.5. The fourth-order valence-electron chi connectivity index (χ4n) is 4.53. The number of nitrogens with one attached hydrogen (secondary N) is 1. The van der Waals surface area contributed by atoms with Crippen LogP contribution in [0, 0.1) is 0 Å². The number of hydrogen-bond donors (Lipinski definition) is 1. The van der Waals surface area contributed by atoms with Crippen molar-refractivity contribution < 1.29 is 0 Å². The number of hydrogen-bond acceptors (Lipinski definition) is 6. The SMILES string of the molecule is CNC(C)(C)c1ccc(N2CCN(c3nnc(Cc4ccccc4)c4ccccc34)CC2)nc1. The van der Waals surface area contributed by atoms with E-state index < -0.39 is 0 Å². The fourth-order valence-corrected chi connectivity index (χ4v) is 4.53. The smallest absolute Gasteiger partial charge is 0.159 e. The number of benzene rings is 2. The van der Waals surface area contributed by atoms with E-state index in [0.717, 1.165) is 49.9 Å². The molecule has 4 aromatic rings. The zero-order valence-electron chi connectivity index (χ0n) is 20.2. The third-order valence-electron chi connectivity index (χ3n) is 6.96. The first-order valence-electron chi connectivity index (χ1n) is 12.0. The first kappa shape index (κ1) is 22.3. The highest BCUT2D eigenvalue weighted by molar-refractivity contribution is 5.93. The quantitative estimate of drug-likeness (QED) is 0.468. The molecule has 34 heavy (non-hydrogen) atoms. The van der Waals surface area contributed by atoms with Gasteiger partial charge in [-0.3, -0.25) is 0 Å². The lowest BCUT2D eigenvalue weighted by atomic mass is 9.96. The summed E-state index contributed by atoms with van der Waals surface area (Å²) in [6.07, 6.45) is 2.77. The average Bonchev–Trinajstić information content (AvgIpc) is 2.90. The van der Waals surface area contributed by atoms with Gasteiger partial charge in [0, 0.05) is 55.1 Å². The standard InChI is InChI=1S/C28H32N6/c1-28(2,29-3)22-13-14-26(30-20-22)33-15-17-34(18-16-33)27-24-12-8-7-11-23(24)25(31-32-27)19-21-9-5-4-6-10-21/h4-14,20,29H,15-19H2,1-3H3. The Morgan fingerprint density at radius 1 is 0.794 bits per heavy atom. The maximum atomic E-state index is 4.76. The van der Waals surface area contributed by atoms with Crippen molar-refractivity contribution in [3.05, 3.63) is 89.7 Å². The molecule has 174 valence electrons. The molecule has 6 nitrogen and oxygen atoms in total. The molecule has 0 saturated carbocycles. The van der Waals surface area contributed by atoms with Crippen LogP contribution >= 0.6 is 0 Å². The van der Waals surface area contributed by atoms with Gasteiger partial charge < -0.3 is 15.1 Å². The van der Waals surface area contributed by atoms with E-state index in [1.807, 2.05) is 19.3 Å². The van der Waals surface area contributed by atoms with Crippen LogP contribution in [0.15, 0.2) is 72.9 Å². The third-order valence-corrected chi connectivity index (χ3v) is 6.96. The lowest BCUT2D eigenvalue weighted by molar-refractivity contribution is 0.443. The normalized spacial score (nSPS) is 14.6. The lowest BCUT2D eigenvalue weighted by Crippen LogP contribution is -2.47. The number of nitrogens with zero attached hydrogens (tertiary/aromatic N) is 5. The van der Waals surface area contributed by atoms with Gasteiger partial charge in [-0.25, -0.2) is 4.98 Å². The maximum Gasteiger partial charge on any atom is 0.159 e. The van der Waals surface area contributed by atoms with Crippen LogP contribution < -0.4 is 15.1 Å². The molecular weight excluding hydrogens is 420 g/mol. The zero-order valence-corrected chi connectivity index (χ0v) is 20.2. The first-order chi connectivity index (χ1) is 16.5. The van der Waals surface area contributed by atoms with Gasteiger partial charge in [0.15, 0.2) is 5.82 Å². The molecule has 0 bridgehead atoms. The first-order valence-corrected chi connectivity index (χ1v) is 12.0. The molecule has 0 atom stereocenters. The molecule has 0 amide bonds. The van der Waals surface area contributed by atoms with Gasteiger partial charge in [-0.15, -0.1) is 5.10 Å². The van der Waals surface area contributed by atoms with Crippen molar-refractivity contribution in [2.75, 3.05) is 43.0 Å². The summed E-state index contributed by atoms with van der Waals surface area (Å²) in [5.74, 6) is 2.01. The summed E-state index contributed by atoms with van der Waals surface area (Å²) >= 11 is 0. The highest BCUT2D eigenvalue weighted by atomic mass is 15.3. The Labute approximate surface area is 201 Å². The molecule has 6 heteroatoms. The van der Waals surface area contributed by atoms with Crippen molar-refractivity contribution in [1.29, 1.82) is 0 Å². The summed E-state index contributed by atoms with van der Waals surface area (Å²) in [6, 6.07) is 23.3. The van der Waals surface area contributed by atoms with E-state index in [2.05, 4.69) is 94.7 Å². The van der Waals surface area contributed by atoms with Crippen LogP contribution in [0.3, 0.4) is 0 Å². The second-order valence-electron chi connectivity index (χ2n) is 9.43. The minimum Gasteiger partial charge on any atom is -0.353 e. The molecule has 1 aliphatic heterocycles. The van der Waals surface area contributed by atoms with Crippen molar-refractivity contribution in [3.63, 3.8) is 0 Å². The third kappa shape index (κ3) is 4.46. The summed E-state index contributed by atoms with van der Waals surface area (Å²) in [5.41, 5.74) is 3.38. The van der Waals surface area contributed by atoms with Crippen LogP contribution in [-0.2, 0) is 12.0 Å². The van der Waals surface area contributed by atoms with Crippen LogP contribution in [-0.4, -0.2) is 48.4 Å². The summed E-state index contributed by atoms with van der Waals surface area (Å²) in [5, 5.41) is 15.1. The van der Waals surface area contributed by atoms with E-state index in [9.17, 15) is 0 Å². The van der Waals surface area contributed by atoms with E-state index in [1.54, 1.807) is 0 Å². The molecular formula is C28H32N6. The Kier molecular flexibility index (Phi) is 6.16. The van der Waals surface area contributed by atoms with Gasteiger partial charge in [-0.1, -0.05) is 60.7 Å². The van der Waals surface area contributed by atoms with E-state index in [0.29, 0.717) is 0 Å². The fraction of sp³-hybridized carbons (Fsp3) is 0.321. The van der Waals surface area contributed by atoms with Crippen LogP contribution in [0.5, 0.6) is 0 Å². The summed E-state index contributed by atoms with van der Waals surface area (Å²) in [6.45, 7) is 7.93. The minimum absolute atomic E-state index is 0.0867. The minimum atomic E-state index is -0.0867. The Morgan fingerprint density at radius 2 is 1.47 bits per heavy atom. The van der Waals surface area contributed by atoms with Gasteiger partial charge in [0.2, 0.25) is 0 Å². The van der Waals surface area contributed by atoms with Gasteiger partial charge in [0.25, 0.3) is 0 Å². The molecule has 0 unspecified atom stereocenters. The van der Waals surface area contributed by atoms with Crippen LogP contribution in [0.4, 0.5) is 11.6 Å². The number of rotatable bonds is 6. The largest absolute Gasteiger partial charge is 0.353 e. The monoisotopic (exact) mass is 452 g/mol. The Hall–Kier alpha value is -3.51. The Bertz CT molecular complexity index is 1250. The molecule has 0 aliphatic carbocycles. The van der Waals surface area contributed by atoms with Gasteiger partial charge in [-0.05, 0) is 38.1 Å². The van der Waals surface area contributed by atoms with Gasteiger partial charge in [0.1, 0.15) is 5.82 Å². The average molecular weight is 453 g/mol. The van der Waals surface area contributed by atoms with Gasteiger partial charge >= 0.3 is 0 Å². The second kappa shape index (κ2) is 9.39. The number of anilines is 2. The van der Waals surface area contributed by atoms with Crippen molar-refractivity contribution >= 4 is 22.4 Å². The van der Waals surface area contributed by atoms with Crippen molar-refractivity contribution in [3.8, 4) is 0 Å². The second-order valence-corrected chi connectivity index (χ2v) is 9.43. The van der Waals surface area contributed by atoms with Crippen molar-refractivity contribution in [2.24, 2.45) is 0 Å². The molecule has 1 saturated heterocycles. The number of piperazine rings is 1. The van der Waals surface area contributed by atoms with E-state index >= 15 is 0 Å². The number of aromatic nitrogens is 3. The van der Waals surface area contributed by atoms with E-state index in [1.165, 1.54) is 21.9 Å². The van der Waals surface area contributed by atoms with E-state index in [4.69, 9.17) is 10.1 Å². The van der Waals surface area contributed by atoms with Crippen molar-refractivity contribution in [2.45, 2.75) is 25.8 Å². The highest BCUT2D eigenvalue weighted by Crippen LogP contribution is 2.28. The molecule has 2 aromatic carbocycles. The number of pyridine rings is 1. The number of fused-ring (bicyclic) bond motifs is 1. The van der Waals surface area contributed by atoms with Gasteiger partial charge in [-0.2, -0.15) is 5.10 Å². The molecule has 1 aliphatic rings. The van der Waals surface area contributed by atoms with Crippen LogP contribution in [0.1, 0.15) is 30.7 Å². The highest BCUT2D eigenvalue weighted by Gasteiger charge is 2.23.